The van der Waals surface area contributed by atoms with Gasteiger partial charge in [0.1, 0.15) is 5.69 Å². The van der Waals surface area contributed by atoms with E-state index in [1.807, 2.05) is 0 Å². The van der Waals surface area contributed by atoms with Gasteiger partial charge in [0.2, 0.25) is 0 Å². The number of hydrogen-bond acceptors (Lipinski definition) is 4. The SMILES string of the molecule is CC(C)(CN1C(=O)c2cccnc2C1=O)C(N)=S. The van der Waals surface area contributed by atoms with Crippen LogP contribution < -0.4 is 5.73 Å². The number of carbonyl (C=O) groups is 2. The van der Waals surface area contributed by atoms with E-state index in [1.165, 1.54) is 6.20 Å². The van der Waals surface area contributed by atoms with Gasteiger partial charge in [0.05, 0.1) is 10.6 Å². The van der Waals surface area contributed by atoms with Crippen molar-refractivity contribution in [3.63, 3.8) is 0 Å². The number of fused-ring (bicyclic) bond motifs is 1. The summed E-state index contributed by atoms with van der Waals surface area (Å²) in [4.78, 5) is 29.5. The van der Waals surface area contributed by atoms with Crippen LogP contribution in [0.5, 0.6) is 0 Å². The van der Waals surface area contributed by atoms with Crippen molar-refractivity contribution in [3.8, 4) is 0 Å². The average molecular weight is 263 g/mol. The molecule has 0 aliphatic carbocycles. The highest BCUT2D eigenvalue weighted by molar-refractivity contribution is 7.80. The maximum atomic E-state index is 12.1. The maximum Gasteiger partial charge on any atom is 0.280 e. The Bertz CT molecular complexity index is 519. The molecular formula is C12H13N3O2S. The molecule has 0 atom stereocenters. The molecule has 0 unspecified atom stereocenters. The van der Waals surface area contributed by atoms with Crippen molar-refractivity contribution in [1.29, 1.82) is 0 Å². The number of rotatable bonds is 3. The Morgan fingerprint density at radius 3 is 2.67 bits per heavy atom. The zero-order chi connectivity index (χ0) is 13.5. The fourth-order valence-corrected chi connectivity index (χ4v) is 1.80. The molecule has 1 aromatic rings. The summed E-state index contributed by atoms with van der Waals surface area (Å²) in [6, 6.07) is 3.22. The van der Waals surface area contributed by atoms with Crippen molar-refractivity contribution in [2.75, 3.05) is 6.54 Å². The standard InChI is InChI=1S/C12H13N3O2S/c1-12(2,11(13)18)6-15-9(16)7-4-3-5-14-8(7)10(15)17/h3-5H,6H2,1-2H3,(H2,13,18). The minimum Gasteiger partial charge on any atom is -0.393 e. The first-order valence-electron chi connectivity index (χ1n) is 5.46. The van der Waals surface area contributed by atoms with Gasteiger partial charge in [-0.1, -0.05) is 26.1 Å². The lowest BCUT2D eigenvalue weighted by molar-refractivity contribution is 0.0619. The van der Waals surface area contributed by atoms with E-state index in [-0.39, 0.29) is 29.0 Å². The lowest BCUT2D eigenvalue weighted by Crippen LogP contribution is -2.44. The smallest absolute Gasteiger partial charge is 0.280 e. The molecule has 5 nitrogen and oxygen atoms in total. The van der Waals surface area contributed by atoms with Crippen molar-refractivity contribution in [2.45, 2.75) is 13.8 Å². The van der Waals surface area contributed by atoms with Crippen LogP contribution in [0.1, 0.15) is 34.7 Å². The Morgan fingerprint density at radius 1 is 1.44 bits per heavy atom. The Balaban J connectivity index is 2.32. The third-order valence-electron chi connectivity index (χ3n) is 2.95. The highest BCUT2D eigenvalue weighted by atomic mass is 32.1. The summed E-state index contributed by atoms with van der Waals surface area (Å²) in [5.41, 5.74) is 5.55. The predicted octanol–water partition coefficient (Wildman–Crippen LogP) is 0.990. The second kappa shape index (κ2) is 4.13. The Kier molecular flexibility index (Phi) is 2.90. The van der Waals surface area contributed by atoms with Crippen molar-refractivity contribution in [1.82, 2.24) is 9.88 Å². The number of thiocarbonyl (C=S) groups is 1. The molecule has 6 heteroatoms. The minimum atomic E-state index is -0.595. The molecule has 1 aliphatic rings. The molecular weight excluding hydrogens is 250 g/mol. The maximum absolute atomic E-state index is 12.1. The van der Waals surface area contributed by atoms with Gasteiger partial charge in [0.25, 0.3) is 11.8 Å². The molecule has 0 aromatic carbocycles. The molecule has 0 radical (unpaired) electrons. The lowest BCUT2D eigenvalue weighted by Gasteiger charge is -2.27. The number of carbonyl (C=O) groups excluding carboxylic acids is 2. The molecule has 0 saturated heterocycles. The quantitative estimate of drug-likeness (QED) is 0.650. The summed E-state index contributed by atoms with van der Waals surface area (Å²) in [5, 5.41) is 0. The molecule has 94 valence electrons. The summed E-state index contributed by atoms with van der Waals surface area (Å²) in [6.45, 7) is 3.76. The van der Waals surface area contributed by atoms with Crippen LogP contribution in [0.15, 0.2) is 18.3 Å². The summed E-state index contributed by atoms with van der Waals surface area (Å²) in [5.74, 6) is -0.729. The molecule has 18 heavy (non-hydrogen) atoms. The van der Waals surface area contributed by atoms with Gasteiger partial charge in [-0.25, -0.2) is 0 Å². The number of hydrogen-bond donors (Lipinski definition) is 1. The number of imide groups is 1. The summed E-state index contributed by atoms with van der Waals surface area (Å²) in [6.07, 6.45) is 1.49. The zero-order valence-corrected chi connectivity index (χ0v) is 11.0. The van der Waals surface area contributed by atoms with E-state index >= 15 is 0 Å². The van der Waals surface area contributed by atoms with Crippen molar-refractivity contribution < 1.29 is 9.59 Å². The first-order chi connectivity index (χ1) is 8.34. The molecule has 0 saturated carbocycles. The minimum absolute atomic E-state index is 0.163. The Labute approximate surface area is 110 Å². The summed E-state index contributed by atoms with van der Waals surface area (Å²) in [7, 11) is 0. The van der Waals surface area contributed by atoms with Crippen LogP contribution in [0.3, 0.4) is 0 Å². The first-order valence-corrected chi connectivity index (χ1v) is 5.86. The average Bonchev–Trinajstić information content (AvgIpc) is 2.55. The van der Waals surface area contributed by atoms with Gasteiger partial charge in [0, 0.05) is 18.2 Å². The van der Waals surface area contributed by atoms with E-state index in [0.29, 0.717) is 5.56 Å². The van der Waals surface area contributed by atoms with E-state index in [9.17, 15) is 9.59 Å². The Hall–Kier alpha value is -1.82. The monoisotopic (exact) mass is 263 g/mol. The zero-order valence-electron chi connectivity index (χ0n) is 10.1. The third-order valence-corrected chi connectivity index (χ3v) is 3.50. The number of nitrogens with zero attached hydrogens (tertiary/aromatic N) is 2. The van der Waals surface area contributed by atoms with E-state index in [2.05, 4.69) is 4.98 Å². The van der Waals surface area contributed by atoms with Gasteiger partial charge in [-0.3, -0.25) is 19.5 Å². The van der Waals surface area contributed by atoms with Gasteiger partial charge in [-0.2, -0.15) is 0 Å². The molecule has 2 N–H and O–H groups in total. The summed E-state index contributed by atoms with van der Waals surface area (Å²) < 4.78 is 0. The van der Waals surface area contributed by atoms with Gasteiger partial charge in [-0.15, -0.1) is 0 Å². The molecule has 2 heterocycles. The van der Waals surface area contributed by atoms with Crippen LogP contribution in [0, 0.1) is 5.41 Å². The number of amides is 2. The van der Waals surface area contributed by atoms with E-state index in [4.69, 9.17) is 18.0 Å². The van der Waals surface area contributed by atoms with Crippen molar-refractivity contribution in [2.24, 2.45) is 11.1 Å². The molecule has 1 aromatic heterocycles. The number of aromatic nitrogens is 1. The second-order valence-electron chi connectivity index (χ2n) is 4.84. The fraction of sp³-hybridized carbons (Fsp3) is 0.333. The molecule has 2 amide bonds. The van der Waals surface area contributed by atoms with Crippen molar-refractivity contribution >= 4 is 29.0 Å². The van der Waals surface area contributed by atoms with Gasteiger partial charge < -0.3 is 5.73 Å². The van der Waals surface area contributed by atoms with Crippen LogP contribution in [-0.4, -0.2) is 33.2 Å². The highest BCUT2D eigenvalue weighted by Crippen LogP contribution is 2.25. The molecule has 1 aliphatic heterocycles. The number of nitrogens with two attached hydrogens (primary N) is 1. The third kappa shape index (κ3) is 1.88. The van der Waals surface area contributed by atoms with E-state index < -0.39 is 5.41 Å². The fourth-order valence-electron chi connectivity index (χ4n) is 1.73. The van der Waals surface area contributed by atoms with Crippen LogP contribution in [0.25, 0.3) is 0 Å². The first kappa shape index (κ1) is 12.6. The highest BCUT2D eigenvalue weighted by Gasteiger charge is 2.40. The van der Waals surface area contributed by atoms with E-state index in [0.717, 1.165) is 4.90 Å². The largest absolute Gasteiger partial charge is 0.393 e. The van der Waals surface area contributed by atoms with Crippen LogP contribution >= 0.6 is 12.2 Å². The van der Waals surface area contributed by atoms with Crippen molar-refractivity contribution in [3.05, 3.63) is 29.6 Å². The van der Waals surface area contributed by atoms with Crippen LogP contribution in [-0.2, 0) is 0 Å². The molecule has 2 rings (SSSR count). The Morgan fingerprint density at radius 2 is 2.11 bits per heavy atom. The second-order valence-corrected chi connectivity index (χ2v) is 5.28. The van der Waals surface area contributed by atoms with E-state index in [1.54, 1.807) is 26.0 Å². The molecule has 0 fully saturated rings. The summed E-state index contributed by atoms with van der Waals surface area (Å²) >= 11 is 4.94. The van der Waals surface area contributed by atoms with Crippen LogP contribution in [0.4, 0.5) is 0 Å². The molecule has 0 bridgehead atoms. The molecule has 0 spiro atoms. The number of pyridine rings is 1. The normalized spacial score (nSPS) is 14.9. The predicted molar refractivity (Wildman–Crippen MR) is 70.2 cm³/mol. The van der Waals surface area contributed by atoms with Gasteiger partial charge in [-0.05, 0) is 12.1 Å². The lowest BCUT2D eigenvalue weighted by atomic mass is 9.93. The van der Waals surface area contributed by atoms with Gasteiger partial charge in [0.15, 0.2) is 0 Å². The van der Waals surface area contributed by atoms with Gasteiger partial charge >= 0.3 is 0 Å². The topological polar surface area (TPSA) is 76.3 Å². The van der Waals surface area contributed by atoms with Crippen LogP contribution in [0.2, 0.25) is 0 Å².